The van der Waals surface area contributed by atoms with Gasteiger partial charge in [0.1, 0.15) is 0 Å². The fourth-order valence-corrected chi connectivity index (χ4v) is 4.82. The Kier molecular flexibility index (Phi) is 6.88. The number of amides is 3. The Labute approximate surface area is 215 Å². The third kappa shape index (κ3) is 5.17. The van der Waals surface area contributed by atoms with Crippen LogP contribution < -0.4 is 10.6 Å². The second-order valence-corrected chi connectivity index (χ2v) is 9.43. The first-order chi connectivity index (χ1) is 17.9. The molecular formula is C30H29N3O4. The maximum Gasteiger partial charge on any atom is 0.256 e. The quantitative estimate of drug-likeness (QED) is 0.445. The molecule has 0 spiro atoms. The van der Waals surface area contributed by atoms with Crippen molar-refractivity contribution in [3.05, 3.63) is 101 Å². The first kappa shape index (κ1) is 24.5. The van der Waals surface area contributed by atoms with E-state index in [1.165, 1.54) is 0 Å². The average molecular weight is 496 g/mol. The first-order valence-electron chi connectivity index (χ1n) is 12.5. The number of aliphatic hydroxyl groups excluding tert-OH is 1. The molecule has 0 aliphatic carbocycles. The van der Waals surface area contributed by atoms with Crippen LogP contribution in [0.1, 0.15) is 63.2 Å². The molecule has 2 atom stereocenters. The summed E-state index contributed by atoms with van der Waals surface area (Å²) in [4.78, 5) is 40.1. The number of aliphatic hydroxyl groups is 1. The van der Waals surface area contributed by atoms with E-state index in [1.807, 2.05) is 37.3 Å². The summed E-state index contributed by atoms with van der Waals surface area (Å²) < 4.78 is 0. The van der Waals surface area contributed by atoms with Crippen LogP contribution in [0.4, 0.5) is 5.69 Å². The van der Waals surface area contributed by atoms with Crippen molar-refractivity contribution in [2.45, 2.75) is 31.9 Å². The molecule has 0 aromatic heterocycles. The smallest absolute Gasteiger partial charge is 0.256 e. The van der Waals surface area contributed by atoms with Gasteiger partial charge < -0.3 is 20.6 Å². The van der Waals surface area contributed by atoms with Crippen LogP contribution in [0.2, 0.25) is 0 Å². The Morgan fingerprint density at radius 3 is 2.49 bits per heavy atom. The predicted molar refractivity (Wildman–Crippen MR) is 143 cm³/mol. The van der Waals surface area contributed by atoms with Crippen molar-refractivity contribution >= 4 is 35.1 Å². The highest BCUT2D eigenvalue weighted by Gasteiger charge is 2.27. The summed E-state index contributed by atoms with van der Waals surface area (Å²) >= 11 is 0. The van der Waals surface area contributed by atoms with E-state index in [9.17, 15) is 19.5 Å². The van der Waals surface area contributed by atoms with Gasteiger partial charge >= 0.3 is 0 Å². The molecule has 188 valence electrons. The molecule has 3 aromatic carbocycles. The Bertz CT molecular complexity index is 1370. The molecular weight excluding hydrogens is 466 g/mol. The lowest BCUT2D eigenvalue weighted by atomic mass is 10.00. The Hall–Kier alpha value is -4.23. The minimum absolute atomic E-state index is 0.109. The van der Waals surface area contributed by atoms with Gasteiger partial charge in [-0.1, -0.05) is 49.4 Å². The zero-order valence-electron chi connectivity index (χ0n) is 20.6. The maximum absolute atomic E-state index is 13.1. The molecule has 2 aliphatic heterocycles. The highest BCUT2D eigenvalue weighted by Crippen LogP contribution is 2.34. The summed E-state index contributed by atoms with van der Waals surface area (Å²) in [6.45, 7) is 2.92. The molecule has 0 saturated carbocycles. The molecule has 1 saturated heterocycles. The van der Waals surface area contributed by atoms with E-state index in [0.717, 1.165) is 17.5 Å². The predicted octanol–water partition coefficient (Wildman–Crippen LogP) is 4.27. The van der Waals surface area contributed by atoms with Crippen molar-refractivity contribution in [3.8, 4) is 0 Å². The second-order valence-electron chi connectivity index (χ2n) is 9.43. The second kappa shape index (κ2) is 10.4. The molecule has 0 unspecified atom stereocenters. The minimum Gasteiger partial charge on any atom is -0.391 e. The fourth-order valence-electron chi connectivity index (χ4n) is 4.82. The third-order valence-electron chi connectivity index (χ3n) is 6.90. The lowest BCUT2D eigenvalue weighted by molar-refractivity contribution is -0.110. The van der Waals surface area contributed by atoms with Crippen molar-refractivity contribution in [1.82, 2.24) is 10.2 Å². The van der Waals surface area contributed by atoms with Gasteiger partial charge in [-0.25, -0.2) is 0 Å². The van der Waals surface area contributed by atoms with Crippen LogP contribution in [-0.4, -0.2) is 46.9 Å². The van der Waals surface area contributed by atoms with E-state index in [1.54, 1.807) is 53.4 Å². The van der Waals surface area contributed by atoms with E-state index < -0.39 is 6.10 Å². The van der Waals surface area contributed by atoms with Gasteiger partial charge in [-0.15, -0.1) is 0 Å². The summed E-state index contributed by atoms with van der Waals surface area (Å²) in [6, 6.07) is 22.0. The van der Waals surface area contributed by atoms with Crippen molar-refractivity contribution in [2.75, 3.05) is 18.4 Å². The molecule has 2 heterocycles. The number of benzene rings is 3. The third-order valence-corrected chi connectivity index (χ3v) is 6.90. The fraction of sp³-hybridized carbons (Fsp3) is 0.233. The van der Waals surface area contributed by atoms with Crippen LogP contribution in [0.25, 0.3) is 11.6 Å². The zero-order chi connectivity index (χ0) is 25.9. The van der Waals surface area contributed by atoms with Crippen molar-refractivity contribution in [3.63, 3.8) is 0 Å². The summed E-state index contributed by atoms with van der Waals surface area (Å²) in [5.41, 5.74) is 4.60. The molecule has 0 bridgehead atoms. The van der Waals surface area contributed by atoms with Gasteiger partial charge in [0.25, 0.3) is 17.7 Å². The average Bonchev–Trinajstić information content (AvgIpc) is 3.49. The molecule has 7 heteroatoms. The number of nitrogens with zero attached hydrogens (tertiary/aromatic N) is 1. The van der Waals surface area contributed by atoms with Gasteiger partial charge in [-0.2, -0.15) is 0 Å². The first-order valence-corrected chi connectivity index (χ1v) is 12.5. The van der Waals surface area contributed by atoms with Gasteiger partial charge in [0.15, 0.2) is 0 Å². The van der Waals surface area contributed by atoms with E-state index in [0.29, 0.717) is 47.5 Å². The SMILES string of the molecule is CC[C@H](NC(=O)c1ccc2c(c1)C(=Cc1ccc(C(=O)N3CC[C@H](O)C3)cc1)C(=O)N2)c1ccccc1. The molecule has 1 fully saturated rings. The number of rotatable bonds is 6. The lowest BCUT2D eigenvalue weighted by Crippen LogP contribution is -2.29. The van der Waals surface area contributed by atoms with E-state index in [2.05, 4.69) is 10.6 Å². The van der Waals surface area contributed by atoms with E-state index in [4.69, 9.17) is 0 Å². The number of fused-ring (bicyclic) bond motifs is 1. The molecule has 5 rings (SSSR count). The van der Waals surface area contributed by atoms with Crippen LogP contribution in [0.5, 0.6) is 0 Å². The van der Waals surface area contributed by atoms with Crippen molar-refractivity contribution in [2.24, 2.45) is 0 Å². The van der Waals surface area contributed by atoms with Crippen LogP contribution in [-0.2, 0) is 4.79 Å². The highest BCUT2D eigenvalue weighted by molar-refractivity contribution is 6.35. The number of anilines is 1. The van der Waals surface area contributed by atoms with Gasteiger partial charge in [-0.3, -0.25) is 14.4 Å². The minimum atomic E-state index is -0.466. The van der Waals surface area contributed by atoms with Gasteiger partial charge in [0, 0.05) is 41.0 Å². The standard InChI is InChI=1S/C30H29N3O4/c1-2-26(20-6-4-3-5-7-20)31-28(35)22-12-13-27-24(17-22)25(29(36)32-27)16-19-8-10-21(11-9-19)30(37)33-15-14-23(34)18-33/h3-13,16-17,23,26,34H,2,14-15,18H2,1H3,(H,31,35)(H,32,36)/t23-,26-/m0/s1. The van der Waals surface area contributed by atoms with Gasteiger partial charge in [-0.05, 0) is 60.4 Å². The summed E-state index contributed by atoms with van der Waals surface area (Å²) in [5.74, 6) is -0.558. The molecule has 2 aliphatic rings. The number of carbonyl (C=O) groups excluding carboxylic acids is 3. The number of carbonyl (C=O) groups is 3. The maximum atomic E-state index is 13.1. The largest absolute Gasteiger partial charge is 0.391 e. The number of nitrogens with one attached hydrogen (secondary N) is 2. The lowest BCUT2D eigenvalue weighted by Gasteiger charge is -2.17. The summed E-state index contributed by atoms with van der Waals surface area (Å²) in [6.07, 6.45) is 2.64. The molecule has 7 nitrogen and oxygen atoms in total. The van der Waals surface area contributed by atoms with Crippen LogP contribution in [0.15, 0.2) is 72.8 Å². The molecule has 0 radical (unpaired) electrons. The molecule has 3 aromatic rings. The van der Waals surface area contributed by atoms with Crippen molar-refractivity contribution < 1.29 is 19.5 Å². The van der Waals surface area contributed by atoms with Gasteiger partial charge in [0.05, 0.1) is 12.1 Å². The highest BCUT2D eigenvalue weighted by atomic mass is 16.3. The van der Waals surface area contributed by atoms with Crippen LogP contribution in [0, 0.1) is 0 Å². The zero-order valence-corrected chi connectivity index (χ0v) is 20.6. The number of hydrogen-bond donors (Lipinski definition) is 3. The summed E-state index contributed by atoms with van der Waals surface area (Å²) in [5, 5.41) is 15.7. The monoisotopic (exact) mass is 495 g/mol. The van der Waals surface area contributed by atoms with E-state index in [-0.39, 0.29) is 23.8 Å². The van der Waals surface area contributed by atoms with Gasteiger partial charge in [0.2, 0.25) is 0 Å². The summed E-state index contributed by atoms with van der Waals surface area (Å²) in [7, 11) is 0. The molecule has 3 N–H and O–H groups in total. The molecule has 37 heavy (non-hydrogen) atoms. The van der Waals surface area contributed by atoms with E-state index >= 15 is 0 Å². The Morgan fingerprint density at radius 2 is 1.81 bits per heavy atom. The number of β-amino-alcohol motifs (C(OH)–C–C–N with tert-alkyl or cyclic N) is 1. The molecule has 3 amide bonds. The number of hydrogen-bond acceptors (Lipinski definition) is 4. The number of likely N-dealkylation sites (tertiary alicyclic amines) is 1. The van der Waals surface area contributed by atoms with Crippen LogP contribution in [0.3, 0.4) is 0 Å². The van der Waals surface area contributed by atoms with Crippen LogP contribution >= 0.6 is 0 Å². The topological polar surface area (TPSA) is 98.7 Å². The Morgan fingerprint density at radius 1 is 1.08 bits per heavy atom. The van der Waals surface area contributed by atoms with Crippen molar-refractivity contribution in [1.29, 1.82) is 0 Å². The Balaban J connectivity index is 1.35. The normalized spacial score (nSPS) is 18.4.